The third-order valence-electron chi connectivity index (χ3n) is 7.70. The van der Waals surface area contributed by atoms with E-state index in [0.29, 0.717) is 17.9 Å². The molecule has 1 amide bonds. The number of hydrogen-bond acceptors (Lipinski definition) is 2. The van der Waals surface area contributed by atoms with Crippen LogP contribution < -0.4 is 4.90 Å². The molecule has 5 rings (SSSR count). The topological polar surface area (TPSA) is 23.6 Å². The number of hydrogen-bond donors (Lipinski definition) is 0. The van der Waals surface area contributed by atoms with Crippen LogP contribution in [-0.4, -0.2) is 29.9 Å². The molecule has 3 heteroatoms. The number of rotatable bonds is 5. The Kier molecular flexibility index (Phi) is 5.90. The molecule has 0 spiro atoms. The van der Waals surface area contributed by atoms with E-state index in [1.807, 2.05) is 0 Å². The molecule has 0 radical (unpaired) electrons. The minimum Gasteiger partial charge on any atom is -0.309 e. The highest BCUT2D eigenvalue weighted by Crippen LogP contribution is 2.43. The van der Waals surface area contributed by atoms with Crippen LogP contribution in [0.2, 0.25) is 0 Å². The van der Waals surface area contributed by atoms with Gasteiger partial charge in [0.1, 0.15) is 0 Å². The van der Waals surface area contributed by atoms with Gasteiger partial charge in [0.15, 0.2) is 0 Å². The monoisotopic (exact) mass is 402 g/mol. The first-order chi connectivity index (χ1) is 14.8. The van der Waals surface area contributed by atoms with Gasteiger partial charge < -0.3 is 4.90 Å². The molecule has 2 aromatic carbocycles. The standard InChI is InChI=1S/C27H34N2O/c30-27(22-12-6-2-7-13-22)29(24-14-8-3-9-15-24)26-17-16-23-19-28(20-25(23)26)18-21-10-4-1-5-11-21/h1,3-5,8-11,14-15,22-23,25-26H,2,6-7,12-13,16-20H2/t23-,25?,26?/m0/s1. The normalized spacial score (nSPS) is 27.1. The number of anilines is 1. The maximum atomic E-state index is 13.8. The van der Waals surface area contributed by atoms with Gasteiger partial charge in [0, 0.05) is 37.3 Å². The zero-order chi connectivity index (χ0) is 20.3. The van der Waals surface area contributed by atoms with Crippen molar-refractivity contribution >= 4 is 11.6 Å². The molecule has 2 unspecified atom stereocenters. The Bertz CT molecular complexity index is 830. The van der Waals surface area contributed by atoms with Crippen LogP contribution >= 0.6 is 0 Å². The van der Waals surface area contributed by atoms with E-state index in [0.717, 1.165) is 44.0 Å². The van der Waals surface area contributed by atoms with Crippen LogP contribution in [0.3, 0.4) is 0 Å². The van der Waals surface area contributed by atoms with Crippen LogP contribution in [0.5, 0.6) is 0 Å². The van der Waals surface area contributed by atoms with Gasteiger partial charge in [-0.25, -0.2) is 0 Å². The summed E-state index contributed by atoms with van der Waals surface area (Å²) in [6.07, 6.45) is 8.26. The number of para-hydroxylation sites is 1. The SMILES string of the molecule is O=C(C1CCCCC1)N(c1ccccc1)C1CC[C@H]2CN(Cc3ccccc3)CC12. The lowest BCUT2D eigenvalue weighted by atomic mass is 9.87. The van der Waals surface area contributed by atoms with Crippen molar-refractivity contribution in [2.75, 3.05) is 18.0 Å². The zero-order valence-electron chi connectivity index (χ0n) is 18.0. The molecule has 158 valence electrons. The number of carbonyl (C=O) groups is 1. The lowest BCUT2D eigenvalue weighted by Crippen LogP contribution is -2.47. The highest BCUT2D eigenvalue weighted by atomic mass is 16.2. The van der Waals surface area contributed by atoms with Gasteiger partial charge in [0.2, 0.25) is 5.91 Å². The molecule has 30 heavy (non-hydrogen) atoms. The quantitative estimate of drug-likeness (QED) is 0.658. The Balaban J connectivity index is 1.36. The van der Waals surface area contributed by atoms with Gasteiger partial charge in [0.25, 0.3) is 0 Å². The van der Waals surface area contributed by atoms with E-state index in [1.54, 1.807) is 0 Å². The molecule has 0 N–H and O–H groups in total. The van der Waals surface area contributed by atoms with Crippen LogP contribution in [0.15, 0.2) is 60.7 Å². The van der Waals surface area contributed by atoms with Crippen molar-refractivity contribution < 1.29 is 4.79 Å². The van der Waals surface area contributed by atoms with E-state index in [2.05, 4.69) is 70.5 Å². The van der Waals surface area contributed by atoms with Crippen molar-refractivity contribution in [3.63, 3.8) is 0 Å². The van der Waals surface area contributed by atoms with Crippen LogP contribution in [0.25, 0.3) is 0 Å². The van der Waals surface area contributed by atoms with Crippen molar-refractivity contribution in [3.8, 4) is 0 Å². The molecular weight excluding hydrogens is 368 g/mol. The van der Waals surface area contributed by atoms with E-state index in [4.69, 9.17) is 0 Å². The summed E-state index contributed by atoms with van der Waals surface area (Å²) in [6, 6.07) is 21.7. The number of amides is 1. The van der Waals surface area contributed by atoms with Crippen molar-refractivity contribution in [1.29, 1.82) is 0 Å². The molecule has 3 atom stereocenters. The van der Waals surface area contributed by atoms with Crippen LogP contribution in [0.1, 0.15) is 50.5 Å². The lowest BCUT2D eigenvalue weighted by molar-refractivity contribution is -0.124. The van der Waals surface area contributed by atoms with Crippen LogP contribution in [0, 0.1) is 17.8 Å². The maximum absolute atomic E-state index is 13.8. The smallest absolute Gasteiger partial charge is 0.230 e. The number of benzene rings is 2. The summed E-state index contributed by atoms with van der Waals surface area (Å²) in [4.78, 5) is 18.6. The summed E-state index contributed by atoms with van der Waals surface area (Å²) in [6.45, 7) is 3.32. The van der Waals surface area contributed by atoms with Crippen molar-refractivity contribution in [1.82, 2.24) is 4.90 Å². The second kappa shape index (κ2) is 8.93. The van der Waals surface area contributed by atoms with Gasteiger partial charge in [-0.1, -0.05) is 67.8 Å². The molecule has 2 saturated carbocycles. The third kappa shape index (κ3) is 4.05. The van der Waals surface area contributed by atoms with Gasteiger partial charge >= 0.3 is 0 Å². The lowest BCUT2D eigenvalue weighted by Gasteiger charge is -2.36. The second-order valence-corrected chi connectivity index (χ2v) is 9.63. The Morgan fingerprint density at radius 3 is 2.27 bits per heavy atom. The van der Waals surface area contributed by atoms with Crippen molar-refractivity contribution in [2.45, 2.75) is 57.5 Å². The predicted octanol–water partition coefficient (Wildman–Crippen LogP) is 5.51. The molecule has 1 saturated heterocycles. The Morgan fingerprint density at radius 2 is 1.53 bits per heavy atom. The fourth-order valence-electron chi connectivity index (χ4n) is 6.24. The Hall–Kier alpha value is -2.13. The van der Waals surface area contributed by atoms with Crippen LogP contribution in [-0.2, 0) is 11.3 Å². The van der Waals surface area contributed by atoms with Crippen molar-refractivity contribution in [3.05, 3.63) is 66.2 Å². The molecule has 2 aromatic rings. The number of fused-ring (bicyclic) bond motifs is 1. The molecular formula is C27H34N2O. The molecule has 1 aliphatic heterocycles. The average Bonchev–Trinajstić information content (AvgIpc) is 3.37. The van der Waals surface area contributed by atoms with Crippen LogP contribution in [0.4, 0.5) is 5.69 Å². The maximum Gasteiger partial charge on any atom is 0.230 e. The van der Waals surface area contributed by atoms with Gasteiger partial charge in [-0.3, -0.25) is 9.69 Å². The molecule has 3 fully saturated rings. The minimum absolute atomic E-state index is 0.222. The molecule has 2 aliphatic carbocycles. The molecule has 0 aromatic heterocycles. The molecule has 1 heterocycles. The summed E-state index contributed by atoms with van der Waals surface area (Å²) in [5.74, 6) is 1.94. The number of carbonyl (C=O) groups excluding carboxylic acids is 1. The summed E-state index contributed by atoms with van der Waals surface area (Å²) < 4.78 is 0. The molecule has 3 nitrogen and oxygen atoms in total. The average molecular weight is 403 g/mol. The first kappa shape index (κ1) is 19.8. The Labute approximate surface area is 181 Å². The largest absolute Gasteiger partial charge is 0.309 e. The first-order valence-electron chi connectivity index (χ1n) is 11.9. The second-order valence-electron chi connectivity index (χ2n) is 9.63. The predicted molar refractivity (Wildman–Crippen MR) is 122 cm³/mol. The van der Waals surface area contributed by atoms with Crippen molar-refractivity contribution in [2.24, 2.45) is 17.8 Å². The molecule has 3 aliphatic rings. The summed E-state index contributed by atoms with van der Waals surface area (Å²) in [5, 5.41) is 0. The highest BCUT2D eigenvalue weighted by molar-refractivity contribution is 5.95. The van der Waals surface area contributed by atoms with Gasteiger partial charge in [-0.05, 0) is 55.2 Å². The fourth-order valence-corrected chi connectivity index (χ4v) is 6.24. The zero-order valence-corrected chi connectivity index (χ0v) is 18.0. The van der Waals surface area contributed by atoms with E-state index < -0.39 is 0 Å². The fraction of sp³-hybridized carbons (Fsp3) is 0.519. The highest BCUT2D eigenvalue weighted by Gasteiger charge is 2.47. The van der Waals surface area contributed by atoms with E-state index >= 15 is 0 Å². The number of nitrogens with zero attached hydrogens (tertiary/aromatic N) is 2. The Morgan fingerprint density at radius 1 is 0.833 bits per heavy atom. The van der Waals surface area contributed by atoms with E-state index in [9.17, 15) is 4.79 Å². The summed E-state index contributed by atoms with van der Waals surface area (Å²) in [7, 11) is 0. The van der Waals surface area contributed by atoms with E-state index in [-0.39, 0.29) is 5.92 Å². The van der Waals surface area contributed by atoms with Gasteiger partial charge in [0.05, 0.1) is 0 Å². The van der Waals surface area contributed by atoms with E-state index in [1.165, 1.54) is 37.8 Å². The van der Waals surface area contributed by atoms with Gasteiger partial charge in [-0.15, -0.1) is 0 Å². The summed E-state index contributed by atoms with van der Waals surface area (Å²) in [5.41, 5.74) is 2.51. The first-order valence-corrected chi connectivity index (χ1v) is 11.9. The van der Waals surface area contributed by atoms with Gasteiger partial charge in [-0.2, -0.15) is 0 Å². The minimum atomic E-state index is 0.222. The summed E-state index contributed by atoms with van der Waals surface area (Å²) >= 11 is 0. The number of likely N-dealkylation sites (tertiary alicyclic amines) is 1. The molecule has 0 bridgehead atoms. The third-order valence-corrected chi connectivity index (χ3v) is 7.70.